The molecule has 7 heteroatoms. The van der Waals surface area contributed by atoms with E-state index in [9.17, 15) is 9.59 Å². The first kappa shape index (κ1) is 18.0. The molecule has 2 aromatic heterocycles. The summed E-state index contributed by atoms with van der Waals surface area (Å²) in [5.74, 6) is 0.430. The maximum atomic E-state index is 12.7. The Bertz CT molecular complexity index is 1090. The molecule has 0 saturated carbocycles. The number of rotatable bonds is 3. The highest BCUT2D eigenvalue weighted by Gasteiger charge is 2.25. The van der Waals surface area contributed by atoms with Gasteiger partial charge in [-0.2, -0.15) is 0 Å². The maximum absolute atomic E-state index is 12.7. The van der Waals surface area contributed by atoms with Crippen molar-refractivity contribution < 1.29 is 4.79 Å². The summed E-state index contributed by atoms with van der Waals surface area (Å²) in [6.45, 7) is 4.68. The summed E-state index contributed by atoms with van der Waals surface area (Å²) < 4.78 is 0. The zero-order valence-corrected chi connectivity index (χ0v) is 15.9. The molecule has 7 nitrogen and oxygen atoms in total. The Labute approximate surface area is 162 Å². The molecule has 1 N–H and O–H groups in total. The van der Waals surface area contributed by atoms with Gasteiger partial charge in [0.2, 0.25) is 5.91 Å². The molecule has 0 fully saturated rings. The minimum atomic E-state index is -0.226. The number of hydrogen-bond acceptors (Lipinski definition) is 5. The molecule has 3 aromatic rings. The minimum absolute atomic E-state index is 0.0177. The summed E-state index contributed by atoms with van der Waals surface area (Å²) in [4.78, 5) is 42.9. The molecule has 0 atom stereocenters. The number of carbonyl (C=O) groups is 1. The molecule has 28 heavy (non-hydrogen) atoms. The Balaban J connectivity index is 1.54. The van der Waals surface area contributed by atoms with Crippen molar-refractivity contribution in [3.63, 3.8) is 0 Å². The summed E-state index contributed by atoms with van der Waals surface area (Å²) in [5.41, 5.74) is 4.48. The molecule has 0 unspecified atom stereocenters. The number of nitrogens with zero attached hydrogens (tertiary/aromatic N) is 4. The van der Waals surface area contributed by atoms with Gasteiger partial charge in [-0.1, -0.05) is 29.8 Å². The molecule has 0 saturated heterocycles. The number of hydrogen-bond donors (Lipinski definition) is 1. The van der Waals surface area contributed by atoms with Gasteiger partial charge in [0, 0.05) is 19.2 Å². The molecule has 4 rings (SSSR count). The number of carbonyl (C=O) groups excluding carboxylic acids is 1. The van der Waals surface area contributed by atoms with Gasteiger partial charge in [0.05, 0.1) is 36.1 Å². The first-order chi connectivity index (χ1) is 13.5. The predicted octanol–water partition coefficient (Wildman–Crippen LogP) is 1.97. The third kappa shape index (κ3) is 3.69. The first-order valence-electron chi connectivity index (χ1n) is 9.24. The van der Waals surface area contributed by atoms with Crippen LogP contribution in [0.25, 0.3) is 11.5 Å². The first-order valence-corrected chi connectivity index (χ1v) is 9.24. The summed E-state index contributed by atoms with van der Waals surface area (Å²) in [6, 6.07) is 7.92. The highest BCUT2D eigenvalue weighted by molar-refractivity contribution is 5.79. The second kappa shape index (κ2) is 7.34. The smallest absolute Gasteiger partial charge is 0.256 e. The number of nitrogens with one attached hydrogen (secondary N) is 1. The van der Waals surface area contributed by atoms with Crippen molar-refractivity contribution in [3.05, 3.63) is 75.1 Å². The summed E-state index contributed by atoms with van der Waals surface area (Å²) >= 11 is 0. The molecule has 3 heterocycles. The molecule has 0 bridgehead atoms. The quantitative estimate of drug-likeness (QED) is 0.756. The molecular weight excluding hydrogens is 354 g/mol. The summed E-state index contributed by atoms with van der Waals surface area (Å²) in [7, 11) is 0. The Kier molecular flexibility index (Phi) is 4.73. The van der Waals surface area contributed by atoms with Gasteiger partial charge in [0.25, 0.3) is 5.56 Å². The second-order valence-corrected chi connectivity index (χ2v) is 7.11. The van der Waals surface area contributed by atoms with Crippen LogP contribution in [-0.4, -0.2) is 37.3 Å². The Morgan fingerprint density at radius 1 is 1.21 bits per heavy atom. The lowest BCUT2D eigenvalue weighted by Crippen LogP contribution is -2.40. The molecule has 1 aromatic carbocycles. The SMILES string of the molecule is Cc1cccc(CC(=O)N2CCc3nc(-c4cnc(C)cn4)[nH]c(=O)c3C2)c1. The van der Waals surface area contributed by atoms with Gasteiger partial charge in [-0.3, -0.25) is 14.6 Å². The molecule has 1 aliphatic rings. The van der Waals surface area contributed by atoms with E-state index in [-0.39, 0.29) is 18.0 Å². The van der Waals surface area contributed by atoms with Crippen LogP contribution in [0.4, 0.5) is 0 Å². The van der Waals surface area contributed by atoms with Crippen molar-refractivity contribution in [1.82, 2.24) is 24.8 Å². The van der Waals surface area contributed by atoms with Crippen molar-refractivity contribution >= 4 is 5.91 Å². The van der Waals surface area contributed by atoms with E-state index in [0.717, 1.165) is 22.5 Å². The molecule has 0 spiro atoms. The molecule has 1 amide bonds. The van der Waals surface area contributed by atoms with Crippen LogP contribution >= 0.6 is 0 Å². The third-order valence-corrected chi connectivity index (χ3v) is 4.88. The van der Waals surface area contributed by atoms with Gasteiger partial charge in [-0.05, 0) is 19.4 Å². The van der Waals surface area contributed by atoms with Crippen LogP contribution in [0.5, 0.6) is 0 Å². The summed E-state index contributed by atoms with van der Waals surface area (Å²) in [6.07, 6.45) is 4.12. The second-order valence-electron chi connectivity index (χ2n) is 7.11. The average molecular weight is 375 g/mol. The van der Waals surface area contributed by atoms with E-state index in [1.807, 2.05) is 38.1 Å². The van der Waals surface area contributed by atoms with E-state index in [2.05, 4.69) is 19.9 Å². The third-order valence-electron chi connectivity index (χ3n) is 4.88. The van der Waals surface area contributed by atoms with Crippen molar-refractivity contribution in [3.8, 4) is 11.5 Å². The van der Waals surface area contributed by atoms with Crippen LogP contribution in [0, 0.1) is 13.8 Å². The number of H-pyrrole nitrogens is 1. The maximum Gasteiger partial charge on any atom is 0.256 e. The van der Waals surface area contributed by atoms with E-state index < -0.39 is 0 Å². The van der Waals surface area contributed by atoms with Crippen LogP contribution in [0.1, 0.15) is 28.1 Å². The fourth-order valence-electron chi connectivity index (χ4n) is 3.38. The van der Waals surface area contributed by atoms with Crippen LogP contribution in [0.15, 0.2) is 41.5 Å². The monoisotopic (exact) mass is 375 g/mol. The van der Waals surface area contributed by atoms with E-state index in [4.69, 9.17) is 0 Å². The van der Waals surface area contributed by atoms with Gasteiger partial charge in [-0.15, -0.1) is 0 Å². The predicted molar refractivity (Wildman–Crippen MR) is 105 cm³/mol. The lowest BCUT2D eigenvalue weighted by atomic mass is 10.0. The minimum Gasteiger partial charge on any atom is -0.337 e. The molecule has 0 radical (unpaired) electrons. The summed E-state index contributed by atoms with van der Waals surface area (Å²) in [5, 5.41) is 0. The van der Waals surface area contributed by atoms with Crippen LogP contribution in [-0.2, 0) is 24.2 Å². The Hall–Kier alpha value is -3.35. The molecular formula is C21H21N5O2. The van der Waals surface area contributed by atoms with Crippen molar-refractivity contribution in [2.24, 2.45) is 0 Å². The lowest BCUT2D eigenvalue weighted by molar-refractivity contribution is -0.131. The normalized spacial score (nSPS) is 13.3. The van der Waals surface area contributed by atoms with Gasteiger partial charge in [0.1, 0.15) is 5.69 Å². The topological polar surface area (TPSA) is 91.8 Å². The molecule has 0 aliphatic carbocycles. The lowest BCUT2D eigenvalue weighted by Gasteiger charge is -2.28. The highest BCUT2D eigenvalue weighted by Crippen LogP contribution is 2.18. The molecule has 142 valence electrons. The fraction of sp³-hybridized carbons (Fsp3) is 0.286. The number of fused-ring (bicyclic) bond motifs is 1. The van der Waals surface area contributed by atoms with E-state index >= 15 is 0 Å². The fourth-order valence-corrected chi connectivity index (χ4v) is 3.38. The zero-order chi connectivity index (χ0) is 19.7. The van der Waals surface area contributed by atoms with Gasteiger partial charge < -0.3 is 9.88 Å². The van der Waals surface area contributed by atoms with Crippen LogP contribution in [0.2, 0.25) is 0 Å². The van der Waals surface area contributed by atoms with E-state index in [1.165, 1.54) is 0 Å². The van der Waals surface area contributed by atoms with Crippen molar-refractivity contribution in [1.29, 1.82) is 0 Å². The number of aromatic amines is 1. The van der Waals surface area contributed by atoms with E-state index in [1.54, 1.807) is 17.3 Å². The largest absolute Gasteiger partial charge is 0.337 e. The molecule has 1 aliphatic heterocycles. The number of aryl methyl sites for hydroxylation is 2. The van der Waals surface area contributed by atoms with Gasteiger partial charge >= 0.3 is 0 Å². The van der Waals surface area contributed by atoms with Gasteiger partial charge in [0.15, 0.2) is 5.82 Å². The number of benzene rings is 1. The van der Waals surface area contributed by atoms with Crippen molar-refractivity contribution in [2.75, 3.05) is 6.54 Å². The van der Waals surface area contributed by atoms with Crippen LogP contribution in [0.3, 0.4) is 0 Å². The number of amides is 1. The van der Waals surface area contributed by atoms with E-state index in [0.29, 0.717) is 36.5 Å². The van der Waals surface area contributed by atoms with Gasteiger partial charge in [-0.25, -0.2) is 9.97 Å². The number of aromatic nitrogens is 4. The Morgan fingerprint density at radius 3 is 2.82 bits per heavy atom. The van der Waals surface area contributed by atoms with Crippen molar-refractivity contribution in [2.45, 2.75) is 33.2 Å². The van der Waals surface area contributed by atoms with Crippen LogP contribution < -0.4 is 5.56 Å². The zero-order valence-electron chi connectivity index (χ0n) is 15.9. The average Bonchev–Trinajstić information content (AvgIpc) is 2.68. The standard InChI is InChI=1S/C21H21N5O2/c1-13-4-3-5-15(8-13)9-19(27)26-7-6-17-16(12-26)21(28)25-20(24-17)18-11-22-14(2)10-23-18/h3-5,8,10-11H,6-7,9,12H2,1-2H3,(H,24,25,28). The Morgan fingerprint density at radius 2 is 2.07 bits per heavy atom. The highest BCUT2D eigenvalue weighted by atomic mass is 16.2.